The van der Waals surface area contributed by atoms with Crippen molar-refractivity contribution in [2.45, 2.75) is 0 Å². The van der Waals surface area contributed by atoms with E-state index in [-0.39, 0.29) is 0 Å². The first-order chi connectivity index (χ1) is 11.9. The fourth-order valence-electron chi connectivity index (χ4n) is 3.55. The number of fused-ring (bicyclic) bond motifs is 1. The van der Waals surface area contributed by atoms with Gasteiger partial charge in [-0.2, -0.15) is 0 Å². The summed E-state index contributed by atoms with van der Waals surface area (Å²) in [5.74, 6) is 0.597. The molecule has 4 aromatic carbocycles. The van der Waals surface area contributed by atoms with Crippen LogP contribution in [0, 0.1) is 0 Å². The Balaban J connectivity index is 2.14. The summed E-state index contributed by atoms with van der Waals surface area (Å²) < 4.78 is 11.5. The van der Waals surface area contributed by atoms with E-state index in [1.807, 2.05) is 36.4 Å². The number of hydrogen-bond donors (Lipinski definition) is 1. The second-order valence-corrected chi connectivity index (χ2v) is 5.78. The highest BCUT2D eigenvalue weighted by molar-refractivity contribution is 6.24. The van der Waals surface area contributed by atoms with Gasteiger partial charge in [-0.25, -0.2) is 0 Å². The van der Waals surface area contributed by atoms with E-state index >= 15 is 0 Å². The summed E-state index contributed by atoms with van der Waals surface area (Å²) in [7, 11) is 0.705. The Morgan fingerprint density at radius 1 is 0.708 bits per heavy atom. The molecule has 0 aliphatic heterocycles. The first-order valence-corrected chi connectivity index (χ1v) is 7.75. The maximum Gasteiger partial charge on any atom is 0.569 e. The average molecular weight is 311 g/mol. The lowest BCUT2D eigenvalue weighted by Crippen LogP contribution is -2.00. The summed E-state index contributed by atoms with van der Waals surface area (Å²) in [5.41, 5.74) is 1.64. The predicted octanol–water partition coefficient (Wildman–Crippen LogP) is 4.80. The molecule has 0 unspecified atom stereocenters. The van der Waals surface area contributed by atoms with E-state index in [0.717, 1.165) is 43.5 Å². The normalized spacial score (nSPS) is 11.5. The molecule has 113 valence electrons. The quantitative estimate of drug-likeness (QED) is 0.476. The second-order valence-electron chi connectivity index (χ2n) is 5.78. The summed E-state index contributed by atoms with van der Waals surface area (Å²) >= 11 is 0. The Labute approximate surface area is 138 Å². The van der Waals surface area contributed by atoms with Crippen LogP contribution in [0.25, 0.3) is 43.5 Å². The Morgan fingerprint density at radius 3 is 2.21 bits per heavy atom. The number of benzene rings is 4. The van der Waals surface area contributed by atoms with Gasteiger partial charge in [-0.1, -0.05) is 48.5 Å². The molecule has 0 saturated carbocycles. The lowest BCUT2D eigenvalue weighted by atomic mass is 9.99. The molecular weight excluding hydrogens is 299 g/mol. The van der Waals surface area contributed by atoms with Crippen LogP contribution in [-0.4, -0.2) is 12.7 Å². The van der Waals surface area contributed by atoms with Crippen LogP contribution in [0.2, 0.25) is 0 Å². The van der Waals surface area contributed by atoms with Crippen LogP contribution >= 0.6 is 0 Å². The van der Waals surface area contributed by atoms with Gasteiger partial charge in [0.15, 0.2) is 0 Å². The first kappa shape index (κ1) is 13.5. The molecular formula is C20H12BO3. The van der Waals surface area contributed by atoms with Crippen LogP contribution in [-0.2, 0) is 0 Å². The zero-order chi connectivity index (χ0) is 16.1. The van der Waals surface area contributed by atoms with Crippen molar-refractivity contribution in [3.05, 3.63) is 66.7 Å². The van der Waals surface area contributed by atoms with Gasteiger partial charge in [-0.05, 0) is 34.4 Å². The van der Waals surface area contributed by atoms with E-state index in [1.165, 1.54) is 0 Å². The van der Waals surface area contributed by atoms with Crippen LogP contribution in [0.3, 0.4) is 0 Å². The van der Waals surface area contributed by atoms with Crippen molar-refractivity contribution in [1.82, 2.24) is 0 Å². The van der Waals surface area contributed by atoms with Gasteiger partial charge in [-0.3, -0.25) is 0 Å². The highest BCUT2D eigenvalue weighted by Crippen LogP contribution is 2.38. The number of hydrogen-bond acceptors (Lipinski definition) is 3. The largest absolute Gasteiger partial charge is 0.569 e. The van der Waals surface area contributed by atoms with Crippen LogP contribution in [0.5, 0.6) is 5.75 Å². The molecule has 5 rings (SSSR count). The third-order valence-corrected chi connectivity index (χ3v) is 4.52. The minimum Gasteiger partial charge on any atom is -0.537 e. The Hall–Kier alpha value is -2.98. The minimum absolute atomic E-state index is 0.597. The van der Waals surface area contributed by atoms with E-state index in [2.05, 4.69) is 30.3 Å². The Morgan fingerprint density at radius 2 is 1.38 bits per heavy atom. The molecule has 5 aromatic rings. The zero-order valence-corrected chi connectivity index (χ0v) is 12.7. The van der Waals surface area contributed by atoms with Crippen molar-refractivity contribution in [3.8, 4) is 5.75 Å². The van der Waals surface area contributed by atoms with Crippen molar-refractivity contribution in [1.29, 1.82) is 0 Å². The molecule has 0 aliphatic rings. The van der Waals surface area contributed by atoms with Crippen molar-refractivity contribution >= 4 is 51.2 Å². The van der Waals surface area contributed by atoms with Crippen LogP contribution in [0.1, 0.15) is 0 Å². The molecule has 0 spiro atoms. The van der Waals surface area contributed by atoms with Gasteiger partial charge in [-0.15, -0.1) is 0 Å². The molecule has 0 bridgehead atoms. The molecule has 3 nitrogen and oxygen atoms in total. The van der Waals surface area contributed by atoms with Crippen molar-refractivity contribution < 1.29 is 14.1 Å². The van der Waals surface area contributed by atoms with Gasteiger partial charge in [0.05, 0.1) is 0 Å². The SMILES string of the molecule is O[B]Oc1ccc2oc3cccc4cccc(c5cccc1c25)c43. The third-order valence-electron chi connectivity index (χ3n) is 4.52. The van der Waals surface area contributed by atoms with Gasteiger partial charge < -0.3 is 14.1 Å². The van der Waals surface area contributed by atoms with Crippen LogP contribution in [0.15, 0.2) is 71.1 Å². The molecule has 0 saturated heterocycles. The van der Waals surface area contributed by atoms with Gasteiger partial charge in [0, 0.05) is 16.2 Å². The van der Waals surface area contributed by atoms with E-state index in [1.54, 1.807) is 0 Å². The van der Waals surface area contributed by atoms with E-state index in [4.69, 9.17) is 14.1 Å². The predicted molar refractivity (Wildman–Crippen MR) is 97.3 cm³/mol. The van der Waals surface area contributed by atoms with Gasteiger partial charge >= 0.3 is 7.69 Å². The summed E-state index contributed by atoms with van der Waals surface area (Å²) in [6.45, 7) is 0. The molecule has 1 radical (unpaired) electrons. The Kier molecular flexibility index (Phi) is 2.81. The van der Waals surface area contributed by atoms with Gasteiger partial charge in [0.1, 0.15) is 16.9 Å². The molecule has 1 heterocycles. The summed E-state index contributed by atoms with van der Waals surface area (Å²) in [6, 6.07) is 22.1. The first-order valence-electron chi connectivity index (χ1n) is 7.75. The van der Waals surface area contributed by atoms with Crippen molar-refractivity contribution in [2.24, 2.45) is 0 Å². The maximum atomic E-state index is 9.03. The fourth-order valence-corrected chi connectivity index (χ4v) is 3.55. The molecule has 1 N–H and O–H groups in total. The summed E-state index contributed by atoms with van der Waals surface area (Å²) in [5, 5.41) is 15.4. The van der Waals surface area contributed by atoms with Crippen molar-refractivity contribution in [2.75, 3.05) is 0 Å². The standard InChI is InChI=1S/C20H12BO3/c22-21-24-16-10-11-18-20-14(7-3-8-15(16)20)13-6-1-4-12-5-2-9-17(23-18)19(12)13/h1-11,22H. The molecule has 0 atom stereocenters. The lowest BCUT2D eigenvalue weighted by Gasteiger charge is -2.08. The highest BCUT2D eigenvalue weighted by Gasteiger charge is 2.13. The second kappa shape index (κ2) is 5.01. The summed E-state index contributed by atoms with van der Waals surface area (Å²) in [4.78, 5) is 0. The minimum atomic E-state index is 0.597. The van der Waals surface area contributed by atoms with E-state index in [9.17, 15) is 0 Å². The fraction of sp³-hybridized carbons (Fsp3) is 0. The molecule has 0 aliphatic carbocycles. The molecule has 1 aromatic heterocycles. The molecule has 4 heteroatoms. The lowest BCUT2D eigenvalue weighted by molar-refractivity contribution is 0.456. The van der Waals surface area contributed by atoms with Gasteiger partial charge in [0.2, 0.25) is 0 Å². The third kappa shape index (κ3) is 1.77. The highest BCUT2D eigenvalue weighted by atomic mass is 16.5. The van der Waals surface area contributed by atoms with E-state index < -0.39 is 0 Å². The molecule has 0 fully saturated rings. The zero-order valence-electron chi connectivity index (χ0n) is 12.7. The van der Waals surface area contributed by atoms with Crippen LogP contribution < -0.4 is 4.65 Å². The number of rotatable bonds is 2. The van der Waals surface area contributed by atoms with Crippen molar-refractivity contribution in [3.63, 3.8) is 0 Å². The monoisotopic (exact) mass is 311 g/mol. The molecule has 0 amide bonds. The maximum absolute atomic E-state index is 9.03. The molecule has 24 heavy (non-hydrogen) atoms. The van der Waals surface area contributed by atoms with E-state index in [0.29, 0.717) is 13.4 Å². The topological polar surface area (TPSA) is 42.6 Å². The Bertz CT molecular complexity index is 1220. The summed E-state index contributed by atoms with van der Waals surface area (Å²) in [6.07, 6.45) is 0. The average Bonchev–Trinajstić information content (AvgIpc) is 2.76. The van der Waals surface area contributed by atoms with Crippen LogP contribution in [0.4, 0.5) is 0 Å². The smallest absolute Gasteiger partial charge is 0.537 e. The van der Waals surface area contributed by atoms with Gasteiger partial charge in [0.25, 0.3) is 0 Å².